The Balaban J connectivity index is 3.54. The summed E-state index contributed by atoms with van der Waals surface area (Å²) in [6.45, 7) is 11.9. The number of carbonyl (C=O) groups is 2. The highest BCUT2D eigenvalue weighted by Crippen LogP contribution is 2.12. The van der Waals surface area contributed by atoms with Crippen LogP contribution in [0.4, 0.5) is 4.79 Å². The van der Waals surface area contributed by atoms with E-state index in [9.17, 15) is 9.59 Å². The van der Waals surface area contributed by atoms with Gasteiger partial charge in [-0.15, -0.1) is 11.8 Å². The molecule has 0 rings (SSSR count). The first kappa shape index (κ1) is 23.8. The van der Waals surface area contributed by atoms with Gasteiger partial charge in [-0.1, -0.05) is 6.58 Å². The minimum absolute atomic E-state index is 0.0472. The standard InChI is InChI=1S/C17H33N3O4S/c1-14(20-15(21)8-10-18-11-12-23-5)25-13-7-6-9-19-16(22)24-17(2,3)4/h18H,1,6-13H2,2-5H3,(H,19,22)(H,20,21). The summed E-state index contributed by atoms with van der Waals surface area (Å²) in [5.74, 6) is 0.787. The molecule has 0 spiro atoms. The Kier molecular flexibility index (Phi) is 13.3. The van der Waals surface area contributed by atoms with Crippen molar-refractivity contribution >= 4 is 23.8 Å². The van der Waals surface area contributed by atoms with Crippen LogP contribution < -0.4 is 16.0 Å². The second-order valence-corrected chi connectivity index (χ2v) is 7.64. The molecule has 0 radical (unpaired) electrons. The van der Waals surface area contributed by atoms with Gasteiger partial charge in [0.2, 0.25) is 5.91 Å². The molecule has 0 fully saturated rings. The lowest BCUT2D eigenvalue weighted by Gasteiger charge is -2.19. The first-order valence-electron chi connectivity index (χ1n) is 8.52. The zero-order chi connectivity index (χ0) is 19.1. The smallest absolute Gasteiger partial charge is 0.407 e. The molecule has 146 valence electrons. The van der Waals surface area contributed by atoms with E-state index in [4.69, 9.17) is 9.47 Å². The molecule has 0 aliphatic heterocycles. The van der Waals surface area contributed by atoms with Crippen LogP contribution in [-0.2, 0) is 14.3 Å². The molecular weight excluding hydrogens is 342 g/mol. The van der Waals surface area contributed by atoms with Crippen LogP contribution in [0.2, 0.25) is 0 Å². The topological polar surface area (TPSA) is 88.7 Å². The molecular formula is C17H33N3O4S. The van der Waals surface area contributed by atoms with Crippen molar-refractivity contribution in [2.45, 2.75) is 45.6 Å². The summed E-state index contributed by atoms with van der Waals surface area (Å²) in [5, 5.41) is 9.26. The zero-order valence-electron chi connectivity index (χ0n) is 15.9. The molecule has 0 heterocycles. The number of methoxy groups -OCH3 is 1. The van der Waals surface area contributed by atoms with Crippen molar-refractivity contribution in [2.75, 3.05) is 39.1 Å². The molecule has 7 nitrogen and oxygen atoms in total. The Morgan fingerprint density at radius 1 is 1.12 bits per heavy atom. The number of unbranched alkanes of at least 4 members (excludes halogenated alkanes) is 1. The molecule has 0 aromatic rings. The first-order chi connectivity index (χ1) is 11.7. The van der Waals surface area contributed by atoms with E-state index < -0.39 is 11.7 Å². The van der Waals surface area contributed by atoms with Crippen molar-refractivity contribution in [3.8, 4) is 0 Å². The number of amides is 2. The van der Waals surface area contributed by atoms with Gasteiger partial charge in [0.25, 0.3) is 0 Å². The molecule has 25 heavy (non-hydrogen) atoms. The Hall–Kier alpha value is -1.25. The van der Waals surface area contributed by atoms with Crippen LogP contribution >= 0.6 is 11.8 Å². The number of carbonyl (C=O) groups excluding carboxylic acids is 2. The molecule has 0 saturated heterocycles. The summed E-state index contributed by atoms with van der Waals surface area (Å²) in [7, 11) is 1.64. The largest absolute Gasteiger partial charge is 0.444 e. The maximum Gasteiger partial charge on any atom is 0.407 e. The minimum Gasteiger partial charge on any atom is -0.444 e. The van der Waals surface area contributed by atoms with Crippen molar-refractivity contribution in [1.29, 1.82) is 0 Å². The van der Waals surface area contributed by atoms with Crippen LogP contribution in [0.1, 0.15) is 40.0 Å². The lowest BCUT2D eigenvalue weighted by atomic mass is 10.2. The molecule has 2 amide bonds. The van der Waals surface area contributed by atoms with Crippen molar-refractivity contribution in [1.82, 2.24) is 16.0 Å². The number of ether oxygens (including phenoxy) is 2. The minimum atomic E-state index is -0.477. The van der Waals surface area contributed by atoms with Gasteiger partial charge in [-0.3, -0.25) is 4.79 Å². The monoisotopic (exact) mass is 375 g/mol. The van der Waals surface area contributed by atoms with Gasteiger partial charge in [-0.05, 0) is 39.4 Å². The predicted molar refractivity (Wildman–Crippen MR) is 103 cm³/mol. The summed E-state index contributed by atoms with van der Waals surface area (Å²) in [6.07, 6.45) is 1.77. The fraction of sp³-hybridized carbons (Fsp3) is 0.765. The van der Waals surface area contributed by atoms with E-state index in [-0.39, 0.29) is 5.91 Å². The van der Waals surface area contributed by atoms with Gasteiger partial charge in [0, 0.05) is 33.2 Å². The second kappa shape index (κ2) is 14.0. The van der Waals surface area contributed by atoms with Crippen LogP contribution in [0.15, 0.2) is 11.6 Å². The van der Waals surface area contributed by atoms with Gasteiger partial charge in [0.05, 0.1) is 11.6 Å². The van der Waals surface area contributed by atoms with Crippen LogP contribution in [0.25, 0.3) is 0 Å². The Labute approximate surface area is 155 Å². The van der Waals surface area contributed by atoms with E-state index in [1.807, 2.05) is 20.8 Å². The van der Waals surface area contributed by atoms with Crippen LogP contribution in [0, 0.1) is 0 Å². The number of rotatable bonds is 13. The molecule has 3 N–H and O–H groups in total. The Bertz CT molecular complexity index is 411. The molecule has 0 bridgehead atoms. The lowest BCUT2D eigenvalue weighted by Crippen LogP contribution is -2.33. The number of hydrogen-bond donors (Lipinski definition) is 3. The highest BCUT2D eigenvalue weighted by Gasteiger charge is 2.15. The number of thioether (sulfide) groups is 1. The van der Waals surface area contributed by atoms with E-state index in [0.717, 1.165) is 25.1 Å². The van der Waals surface area contributed by atoms with E-state index in [1.54, 1.807) is 7.11 Å². The van der Waals surface area contributed by atoms with Crippen LogP contribution in [-0.4, -0.2) is 56.7 Å². The molecule has 8 heteroatoms. The third-order valence-electron chi connectivity index (χ3n) is 2.81. The Morgan fingerprint density at radius 2 is 1.84 bits per heavy atom. The molecule has 0 aliphatic rings. The average molecular weight is 376 g/mol. The van der Waals surface area contributed by atoms with E-state index in [0.29, 0.717) is 31.1 Å². The molecule has 0 unspecified atom stereocenters. The summed E-state index contributed by atoms with van der Waals surface area (Å²) < 4.78 is 10.1. The summed E-state index contributed by atoms with van der Waals surface area (Å²) in [5.41, 5.74) is -0.477. The normalized spacial score (nSPS) is 11.0. The zero-order valence-corrected chi connectivity index (χ0v) is 16.7. The van der Waals surface area contributed by atoms with Crippen LogP contribution in [0.5, 0.6) is 0 Å². The fourth-order valence-corrected chi connectivity index (χ4v) is 2.46. The highest BCUT2D eigenvalue weighted by molar-refractivity contribution is 8.03. The summed E-state index contributed by atoms with van der Waals surface area (Å²) in [4.78, 5) is 23.1. The van der Waals surface area contributed by atoms with E-state index >= 15 is 0 Å². The van der Waals surface area contributed by atoms with Crippen molar-refractivity contribution in [3.63, 3.8) is 0 Å². The molecule has 0 saturated carbocycles. The molecule has 0 atom stereocenters. The number of alkyl carbamates (subject to hydrolysis) is 1. The Morgan fingerprint density at radius 3 is 2.48 bits per heavy atom. The van der Waals surface area contributed by atoms with Crippen molar-refractivity contribution in [2.24, 2.45) is 0 Å². The molecule has 0 aromatic carbocycles. The predicted octanol–water partition coefficient (Wildman–Crippen LogP) is 2.24. The molecule has 0 aliphatic carbocycles. The second-order valence-electron chi connectivity index (χ2n) is 6.45. The maximum atomic E-state index is 11.7. The first-order valence-corrected chi connectivity index (χ1v) is 9.51. The van der Waals surface area contributed by atoms with Gasteiger partial charge in [0.15, 0.2) is 0 Å². The highest BCUT2D eigenvalue weighted by atomic mass is 32.2. The third-order valence-corrected chi connectivity index (χ3v) is 3.75. The van der Waals surface area contributed by atoms with Gasteiger partial charge in [0.1, 0.15) is 5.60 Å². The maximum absolute atomic E-state index is 11.7. The number of nitrogens with one attached hydrogen (secondary N) is 3. The van der Waals surface area contributed by atoms with Gasteiger partial charge in [-0.2, -0.15) is 0 Å². The van der Waals surface area contributed by atoms with E-state index in [1.165, 1.54) is 11.8 Å². The van der Waals surface area contributed by atoms with Crippen LogP contribution in [0.3, 0.4) is 0 Å². The van der Waals surface area contributed by atoms with Gasteiger partial charge >= 0.3 is 6.09 Å². The third kappa shape index (κ3) is 17.4. The van der Waals surface area contributed by atoms with Gasteiger partial charge in [-0.25, -0.2) is 4.79 Å². The lowest BCUT2D eigenvalue weighted by molar-refractivity contribution is -0.120. The summed E-state index contributed by atoms with van der Waals surface area (Å²) in [6, 6.07) is 0. The molecule has 0 aromatic heterocycles. The van der Waals surface area contributed by atoms with E-state index in [2.05, 4.69) is 22.5 Å². The summed E-state index contributed by atoms with van der Waals surface area (Å²) >= 11 is 1.51. The van der Waals surface area contributed by atoms with Crippen molar-refractivity contribution in [3.05, 3.63) is 11.6 Å². The van der Waals surface area contributed by atoms with Gasteiger partial charge < -0.3 is 25.4 Å². The SMILES string of the molecule is C=C(NC(=O)CCNCCOC)SCCCCNC(=O)OC(C)(C)C. The van der Waals surface area contributed by atoms with Crippen molar-refractivity contribution < 1.29 is 19.1 Å². The number of hydrogen-bond acceptors (Lipinski definition) is 6. The average Bonchev–Trinajstić information content (AvgIpc) is 2.48. The fourth-order valence-electron chi connectivity index (χ4n) is 1.68. The quantitative estimate of drug-likeness (QED) is 0.428.